The van der Waals surface area contributed by atoms with Gasteiger partial charge in [-0.15, -0.1) is 0 Å². The molecule has 1 fully saturated rings. The first-order chi connectivity index (χ1) is 11.5. The molecule has 124 valence electrons. The van der Waals surface area contributed by atoms with Crippen molar-refractivity contribution in [2.24, 2.45) is 0 Å². The summed E-state index contributed by atoms with van der Waals surface area (Å²) < 4.78 is 13.3. The number of hydrogen-bond donors (Lipinski definition) is 2. The molecule has 6 nitrogen and oxygen atoms in total. The molecular weight excluding hydrogens is 311 g/mol. The van der Waals surface area contributed by atoms with Gasteiger partial charge in [0.15, 0.2) is 0 Å². The summed E-state index contributed by atoms with van der Waals surface area (Å²) in [5.74, 6) is -0.113. The number of aryl methyl sites for hydroxylation is 1. The van der Waals surface area contributed by atoms with Gasteiger partial charge in [0.2, 0.25) is 5.91 Å². The second-order valence-corrected chi connectivity index (χ2v) is 5.65. The van der Waals surface area contributed by atoms with E-state index < -0.39 is 11.8 Å². The van der Waals surface area contributed by atoms with Crippen LogP contribution in [0, 0.1) is 12.7 Å². The van der Waals surface area contributed by atoms with Gasteiger partial charge in [-0.1, -0.05) is 12.1 Å². The fraction of sp³-hybridized carbons (Fsp3) is 0.235. The molecule has 3 rings (SSSR count). The highest BCUT2D eigenvalue weighted by atomic mass is 19.1. The fourth-order valence-corrected chi connectivity index (χ4v) is 2.65. The second kappa shape index (κ2) is 6.66. The van der Waals surface area contributed by atoms with Crippen LogP contribution < -0.4 is 15.5 Å². The van der Waals surface area contributed by atoms with Crippen LogP contribution in [0.1, 0.15) is 12.1 Å². The van der Waals surface area contributed by atoms with Crippen molar-refractivity contribution in [1.29, 1.82) is 0 Å². The standard InChI is InChI=1S/C17H17FN4O2/c1-11-4-2-7-15(19-11)21-17(24)20-13-9-16(23)22(10-13)14-6-3-5-12(18)8-14/h2-8,13H,9-10H2,1H3,(H2,19,20,21,24). The number of anilines is 2. The molecule has 1 unspecified atom stereocenters. The first kappa shape index (κ1) is 15.9. The number of rotatable bonds is 3. The van der Waals surface area contributed by atoms with Crippen molar-refractivity contribution < 1.29 is 14.0 Å². The average molecular weight is 328 g/mol. The third kappa shape index (κ3) is 3.68. The SMILES string of the molecule is Cc1cccc(NC(=O)NC2CC(=O)N(c3cccc(F)c3)C2)n1. The average Bonchev–Trinajstić information content (AvgIpc) is 2.87. The minimum absolute atomic E-state index is 0.153. The third-order valence-electron chi connectivity index (χ3n) is 3.71. The molecule has 1 aromatic heterocycles. The zero-order valence-corrected chi connectivity index (χ0v) is 13.1. The number of hydrogen-bond acceptors (Lipinski definition) is 3. The lowest BCUT2D eigenvalue weighted by Gasteiger charge is -2.17. The lowest BCUT2D eigenvalue weighted by atomic mass is 10.2. The number of aromatic nitrogens is 1. The molecule has 1 aromatic carbocycles. The minimum atomic E-state index is -0.424. The number of halogens is 1. The summed E-state index contributed by atoms with van der Waals surface area (Å²) in [6, 6.07) is 10.4. The van der Waals surface area contributed by atoms with Crippen LogP contribution in [0.3, 0.4) is 0 Å². The second-order valence-electron chi connectivity index (χ2n) is 5.65. The van der Waals surface area contributed by atoms with Crippen LogP contribution in [0.15, 0.2) is 42.5 Å². The Kier molecular flexibility index (Phi) is 4.41. The summed E-state index contributed by atoms with van der Waals surface area (Å²) in [6.45, 7) is 2.13. The molecule has 0 saturated carbocycles. The molecule has 2 heterocycles. The first-order valence-electron chi connectivity index (χ1n) is 7.58. The van der Waals surface area contributed by atoms with E-state index in [1.165, 1.54) is 17.0 Å². The highest BCUT2D eigenvalue weighted by Gasteiger charge is 2.31. The highest BCUT2D eigenvalue weighted by molar-refractivity contribution is 5.97. The summed E-state index contributed by atoms with van der Waals surface area (Å²) in [5.41, 5.74) is 1.28. The van der Waals surface area contributed by atoms with Gasteiger partial charge in [0.1, 0.15) is 11.6 Å². The van der Waals surface area contributed by atoms with Gasteiger partial charge >= 0.3 is 6.03 Å². The number of nitrogens with one attached hydrogen (secondary N) is 2. The summed E-state index contributed by atoms with van der Waals surface area (Å²) in [5, 5.41) is 5.38. The molecule has 1 aliphatic rings. The van der Waals surface area contributed by atoms with Gasteiger partial charge in [0.05, 0.1) is 6.04 Å². The predicted octanol–water partition coefficient (Wildman–Crippen LogP) is 2.46. The fourth-order valence-electron chi connectivity index (χ4n) is 2.65. The van der Waals surface area contributed by atoms with Gasteiger partial charge in [-0.05, 0) is 37.3 Å². The summed E-state index contributed by atoms with van der Waals surface area (Å²) in [4.78, 5) is 29.8. The number of urea groups is 1. The lowest BCUT2D eigenvalue weighted by molar-refractivity contribution is -0.117. The molecule has 0 aliphatic carbocycles. The molecule has 1 aliphatic heterocycles. The van der Waals surface area contributed by atoms with Crippen molar-refractivity contribution in [3.05, 3.63) is 54.0 Å². The summed E-state index contributed by atoms with van der Waals surface area (Å²) in [6.07, 6.45) is 0.172. The molecular formula is C17H17FN4O2. The van der Waals surface area contributed by atoms with Crippen LogP contribution in [-0.4, -0.2) is 29.5 Å². The maximum atomic E-state index is 13.3. The van der Waals surface area contributed by atoms with E-state index in [4.69, 9.17) is 0 Å². The van der Waals surface area contributed by atoms with Crippen LogP contribution in [-0.2, 0) is 4.79 Å². The topological polar surface area (TPSA) is 74.3 Å². The van der Waals surface area contributed by atoms with Gasteiger partial charge in [-0.3, -0.25) is 10.1 Å². The van der Waals surface area contributed by atoms with Gasteiger partial charge in [0, 0.05) is 24.3 Å². The van der Waals surface area contributed by atoms with Crippen molar-refractivity contribution >= 4 is 23.4 Å². The van der Waals surface area contributed by atoms with Gasteiger partial charge in [-0.2, -0.15) is 0 Å². The van der Waals surface area contributed by atoms with Gasteiger partial charge < -0.3 is 10.2 Å². The van der Waals surface area contributed by atoms with E-state index in [9.17, 15) is 14.0 Å². The van der Waals surface area contributed by atoms with E-state index in [1.54, 1.807) is 24.3 Å². The van der Waals surface area contributed by atoms with E-state index >= 15 is 0 Å². The Bertz CT molecular complexity index is 781. The number of carbonyl (C=O) groups excluding carboxylic acids is 2. The molecule has 0 spiro atoms. The monoisotopic (exact) mass is 328 g/mol. The van der Waals surface area contributed by atoms with E-state index in [0.717, 1.165) is 5.69 Å². The van der Waals surface area contributed by atoms with E-state index in [0.29, 0.717) is 18.1 Å². The quantitative estimate of drug-likeness (QED) is 0.909. The zero-order chi connectivity index (χ0) is 17.1. The molecule has 1 saturated heterocycles. The minimum Gasteiger partial charge on any atom is -0.333 e. The van der Waals surface area contributed by atoms with E-state index in [2.05, 4.69) is 15.6 Å². The van der Waals surface area contributed by atoms with E-state index in [1.807, 2.05) is 13.0 Å². The highest BCUT2D eigenvalue weighted by Crippen LogP contribution is 2.22. The van der Waals surface area contributed by atoms with Crippen LogP contribution in [0.2, 0.25) is 0 Å². The van der Waals surface area contributed by atoms with Crippen molar-refractivity contribution in [1.82, 2.24) is 10.3 Å². The predicted molar refractivity (Wildman–Crippen MR) is 88.3 cm³/mol. The Labute approximate surface area is 138 Å². The van der Waals surface area contributed by atoms with Gasteiger partial charge in [-0.25, -0.2) is 14.2 Å². The molecule has 1 atom stereocenters. The number of nitrogens with zero attached hydrogens (tertiary/aromatic N) is 2. The normalized spacial score (nSPS) is 17.0. The summed E-state index contributed by atoms with van der Waals surface area (Å²) in [7, 11) is 0. The third-order valence-corrected chi connectivity index (χ3v) is 3.71. The van der Waals surface area contributed by atoms with Crippen molar-refractivity contribution in [3.63, 3.8) is 0 Å². The van der Waals surface area contributed by atoms with Crippen molar-refractivity contribution in [3.8, 4) is 0 Å². The maximum Gasteiger partial charge on any atom is 0.320 e. The Morgan fingerprint density at radius 3 is 2.83 bits per heavy atom. The Balaban J connectivity index is 1.61. The number of pyridine rings is 1. The number of carbonyl (C=O) groups is 2. The maximum absolute atomic E-state index is 13.3. The first-order valence-corrected chi connectivity index (χ1v) is 7.58. The molecule has 7 heteroatoms. The molecule has 0 bridgehead atoms. The molecule has 3 amide bonds. The Morgan fingerprint density at radius 1 is 1.29 bits per heavy atom. The summed E-state index contributed by atoms with van der Waals surface area (Å²) >= 11 is 0. The van der Waals surface area contributed by atoms with Crippen LogP contribution in [0.25, 0.3) is 0 Å². The zero-order valence-electron chi connectivity index (χ0n) is 13.1. The van der Waals surface area contributed by atoms with E-state index in [-0.39, 0.29) is 18.4 Å². The number of benzene rings is 1. The number of amides is 3. The van der Waals surface area contributed by atoms with Crippen LogP contribution in [0.4, 0.5) is 20.7 Å². The lowest BCUT2D eigenvalue weighted by Crippen LogP contribution is -2.39. The largest absolute Gasteiger partial charge is 0.333 e. The smallest absolute Gasteiger partial charge is 0.320 e. The van der Waals surface area contributed by atoms with Crippen LogP contribution in [0.5, 0.6) is 0 Å². The molecule has 2 aromatic rings. The Morgan fingerprint density at radius 2 is 2.08 bits per heavy atom. The molecule has 0 radical (unpaired) electrons. The van der Waals surface area contributed by atoms with Crippen LogP contribution >= 0.6 is 0 Å². The van der Waals surface area contributed by atoms with Crippen molar-refractivity contribution in [2.45, 2.75) is 19.4 Å². The van der Waals surface area contributed by atoms with Crippen molar-refractivity contribution in [2.75, 3.05) is 16.8 Å². The Hall–Kier alpha value is -2.96. The molecule has 2 N–H and O–H groups in total. The van der Waals surface area contributed by atoms with Gasteiger partial charge in [0.25, 0.3) is 0 Å². The molecule has 24 heavy (non-hydrogen) atoms.